The number of rotatable bonds is 0. The third-order valence-corrected chi connectivity index (χ3v) is 3.63. The Hall–Kier alpha value is 0.650. The van der Waals surface area contributed by atoms with Crippen LogP contribution < -0.4 is 0 Å². The van der Waals surface area contributed by atoms with Crippen molar-refractivity contribution in [2.45, 2.75) is 18.5 Å². The van der Waals surface area contributed by atoms with Crippen LogP contribution in [0.4, 0.5) is 0 Å². The molecule has 0 aromatic carbocycles. The normalized spacial score (nSPS) is 44.7. The van der Waals surface area contributed by atoms with Crippen LogP contribution in [-0.4, -0.2) is 40.2 Å². The number of piperazine rings is 1. The summed E-state index contributed by atoms with van der Waals surface area (Å²) in [6.07, 6.45) is 1.40. The van der Waals surface area contributed by atoms with Crippen molar-refractivity contribution in [3.8, 4) is 0 Å². The van der Waals surface area contributed by atoms with E-state index in [-0.39, 0.29) is 0 Å². The van der Waals surface area contributed by atoms with E-state index in [9.17, 15) is 0 Å². The Morgan fingerprint density at radius 1 is 1.33 bits per heavy atom. The van der Waals surface area contributed by atoms with Gasteiger partial charge in [-0.05, 0) is 13.5 Å². The Labute approximate surface area is 69.7 Å². The first-order chi connectivity index (χ1) is 4.27. The summed E-state index contributed by atoms with van der Waals surface area (Å²) in [5.74, 6) is 0. The molecule has 3 heteroatoms. The van der Waals surface area contributed by atoms with E-state index in [0.717, 1.165) is 12.1 Å². The van der Waals surface area contributed by atoms with Gasteiger partial charge in [-0.15, -0.1) is 0 Å². The summed E-state index contributed by atoms with van der Waals surface area (Å²) in [4.78, 5) is 2.47. The Morgan fingerprint density at radius 2 is 2.11 bits per heavy atom. The van der Waals surface area contributed by atoms with Gasteiger partial charge in [-0.1, -0.05) is 0 Å². The highest BCUT2D eigenvalue weighted by Gasteiger charge is 2.40. The summed E-state index contributed by atoms with van der Waals surface area (Å²) in [5, 5.41) is 0. The fourth-order valence-electron chi connectivity index (χ4n) is 1.82. The number of likely N-dealkylation sites (N-methyl/N-ethyl adjacent to an activating group) is 1. The molecule has 2 saturated heterocycles. The van der Waals surface area contributed by atoms with Crippen molar-refractivity contribution in [3.05, 3.63) is 0 Å². The first-order valence-corrected chi connectivity index (χ1v) is 4.36. The van der Waals surface area contributed by atoms with Crippen LogP contribution in [0.1, 0.15) is 6.42 Å². The van der Waals surface area contributed by atoms with Crippen LogP contribution in [0.5, 0.6) is 0 Å². The van der Waals surface area contributed by atoms with Crippen molar-refractivity contribution in [1.82, 2.24) is 8.01 Å². The molecule has 2 fully saturated rings. The fourth-order valence-corrected chi connectivity index (χ4v) is 2.68. The van der Waals surface area contributed by atoms with Gasteiger partial charge in [0.1, 0.15) is 0 Å². The van der Waals surface area contributed by atoms with Crippen molar-refractivity contribution < 1.29 is 0 Å². The maximum absolute atomic E-state index is 2.47. The zero-order valence-corrected chi connectivity index (χ0v) is 7.71. The van der Waals surface area contributed by atoms with Crippen molar-refractivity contribution in [2.75, 3.05) is 20.1 Å². The second-order valence-corrected chi connectivity index (χ2v) is 4.30. The van der Waals surface area contributed by atoms with Crippen LogP contribution in [0.15, 0.2) is 0 Å². The first kappa shape index (κ1) is 6.37. The molecule has 2 heterocycles. The lowest BCUT2D eigenvalue weighted by Gasteiger charge is -2.26. The second-order valence-electron chi connectivity index (χ2n) is 3.07. The molecule has 2 bridgehead atoms. The minimum absolute atomic E-state index is 0.862. The summed E-state index contributed by atoms with van der Waals surface area (Å²) in [6.45, 7) is 2.56. The summed E-state index contributed by atoms with van der Waals surface area (Å²) in [5.41, 5.74) is 0. The molecule has 0 saturated carbocycles. The molecular formula is C6H11IN2. The van der Waals surface area contributed by atoms with Gasteiger partial charge < -0.3 is 4.90 Å². The Bertz CT molecular complexity index is 110. The van der Waals surface area contributed by atoms with E-state index in [1.165, 1.54) is 19.5 Å². The average Bonchev–Trinajstić information content (AvgIpc) is 2.24. The summed E-state index contributed by atoms with van der Waals surface area (Å²) >= 11 is 2.44. The van der Waals surface area contributed by atoms with Crippen LogP contribution in [0.25, 0.3) is 0 Å². The molecule has 0 aromatic rings. The third-order valence-electron chi connectivity index (χ3n) is 2.45. The van der Waals surface area contributed by atoms with Crippen molar-refractivity contribution >= 4 is 22.9 Å². The topological polar surface area (TPSA) is 6.48 Å². The molecule has 2 aliphatic heterocycles. The zero-order chi connectivity index (χ0) is 6.43. The molecule has 0 amide bonds. The molecule has 0 aromatic heterocycles. The molecule has 0 aliphatic carbocycles. The molecule has 2 nitrogen and oxygen atoms in total. The Balaban J connectivity index is 2.10. The summed E-state index contributed by atoms with van der Waals surface area (Å²) in [7, 11) is 2.23. The standard InChI is InChI=1S/C6H11IN2/c1-8-3-6-2-5(8)4-9(6)7/h5-6H,2-4H2,1H3. The number of likely N-dealkylation sites (tertiary alicyclic amines) is 1. The van der Waals surface area contributed by atoms with Gasteiger partial charge in [0.25, 0.3) is 0 Å². The lowest BCUT2D eigenvalue weighted by atomic mass is 10.2. The molecule has 2 atom stereocenters. The van der Waals surface area contributed by atoms with Crippen molar-refractivity contribution in [1.29, 1.82) is 0 Å². The highest BCUT2D eigenvalue weighted by Crippen LogP contribution is 2.31. The fraction of sp³-hybridized carbons (Fsp3) is 1.00. The average molecular weight is 238 g/mol. The van der Waals surface area contributed by atoms with Gasteiger partial charge in [0.05, 0.1) is 0 Å². The lowest BCUT2D eigenvalue weighted by molar-refractivity contribution is 0.237. The van der Waals surface area contributed by atoms with Crippen LogP contribution in [0, 0.1) is 0 Å². The van der Waals surface area contributed by atoms with Crippen LogP contribution in [0.3, 0.4) is 0 Å². The largest absolute Gasteiger partial charge is 0.300 e. The number of nitrogens with zero attached hydrogens (tertiary/aromatic N) is 2. The minimum Gasteiger partial charge on any atom is -0.300 e. The molecule has 0 spiro atoms. The number of hydrogen-bond acceptors (Lipinski definition) is 2. The molecule has 52 valence electrons. The molecule has 0 N–H and O–H groups in total. The quantitative estimate of drug-likeness (QED) is 0.453. The monoisotopic (exact) mass is 238 g/mol. The third kappa shape index (κ3) is 0.897. The highest BCUT2D eigenvalue weighted by molar-refractivity contribution is 14.1. The van der Waals surface area contributed by atoms with Crippen LogP contribution in [-0.2, 0) is 0 Å². The number of hydrogen-bond donors (Lipinski definition) is 0. The summed E-state index contributed by atoms with van der Waals surface area (Å²) < 4.78 is 2.45. The zero-order valence-electron chi connectivity index (χ0n) is 5.55. The molecule has 9 heavy (non-hydrogen) atoms. The smallest absolute Gasteiger partial charge is 0.0337 e. The van der Waals surface area contributed by atoms with E-state index in [1.807, 2.05) is 0 Å². The second kappa shape index (κ2) is 2.07. The van der Waals surface area contributed by atoms with Gasteiger partial charge in [-0.3, -0.25) is 0 Å². The maximum Gasteiger partial charge on any atom is 0.0337 e. The molecule has 2 unspecified atom stereocenters. The highest BCUT2D eigenvalue weighted by atomic mass is 127. The van der Waals surface area contributed by atoms with Gasteiger partial charge >= 0.3 is 0 Å². The van der Waals surface area contributed by atoms with Crippen LogP contribution in [0.2, 0.25) is 0 Å². The predicted molar refractivity (Wildman–Crippen MR) is 45.5 cm³/mol. The van der Waals surface area contributed by atoms with E-state index in [1.54, 1.807) is 0 Å². The van der Waals surface area contributed by atoms with Crippen LogP contribution >= 0.6 is 22.9 Å². The van der Waals surface area contributed by atoms with E-state index >= 15 is 0 Å². The predicted octanol–water partition coefficient (Wildman–Crippen LogP) is 0.725. The van der Waals surface area contributed by atoms with Crippen molar-refractivity contribution in [3.63, 3.8) is 0 Å². The molecule has 0 radical (unpaired) electrons. The van der Waals surface area contributed by atoms with E-state index in [2.05, 4.69) is 37.9 Å². The number of halogens is 1. The van der Waals surface area contributed by atoms with E-state index < -0.39 is 0 Å². The van der Waals surface area contributed by atoms with Gasteiger partial charge in [0.2, 0.25) is 0 Å². The summed E-state index contributed by atoms with van der Waals surface area (Å²) in [6, 6.07) is 1.73. The van der Waals surface area contributed by atoms with Gasteiger partial charge in [0.15, 0.2) is 0 Å². The van der Waals surface area contributed by atoms with Gasteiger partial charge in [-0.2, -0.15) is 0 Å². The van der Waals surface area contributed by atoms with Crippen molar-refractivity contribution in [2.24, 2.45) is 0 Å². The Kier molecular flexibility index (Phi) is 1.46. The Morgan fingerprint density at radius 3 is 2.44 bits per heavy atom. The SMILES string of the molecule is CN1CC2CC1CN2I. The van der Waals surface area contributed by atoms with E-state index in [4.69, 9.17) is 0 Å². The molecule has 2 aliphatic rings. The lowest BCUT2D eigenvalue weighted by Crippen LogP contribution is -2.39. The van der Waals surface area contributed by atoms with E-state index in [0.29, 0.717) is 0 Å². The number of fused-ring (bicyclic) bond motifs is 2. The van der Waals surface area contributed by atoms with Gasteiger partial charge in [-0.25, -0.2) is 3.11 Å². The first-order valence-electron chi connectivity index (χ1n) is 3.40. The maximum atomic E-state index is 2.47. The van der Waals surface area contributed by atoms with Gasteiger partial charge in [0, 0.05) is 48.0 Å². The molecule has 2 rings (SSSR count). The minimum atomic E-state index is 0.862. The molecular weight excluding hydrogens is 227 g/mol.